The summed E-state index contributed by atoms with van der Waals surface area (Å²) < 4.78 is 32.3. The molecule has 13 nitrogen and oxygen atoms in total. The predicted molar refractivity (Wildman–Crippen MR) is 111 cm³/mol. The molecular formula is C18H23FN5O8P. The Balaban J connectivity index is 0.000000196. The fraction of sp³-hybridized carbons (Fsp3) is 0.389. The fourth-order valence-electron chi connectivity index (χ4n) is 2.87. The molecule has 1 saturated heterocycles. The monoisotopic (exact) mass is 487 g/mol. The van der Waals surface area contributed by atoms with Gasteiger partial charge in [0.1, 0.15) is 36.0 Å². The van der Waals surface area contributed by atoms with Gasteiger partial charge >= 0.3 is 7.82 Å². The highest BCUT2D eigenvalue weighted by molar-refractivity contribution is 7.46. The minimum absolute atomic E-state index is 0.200. The molecule has 1 aliphatic heterocycles. The number of halogens is 1. The number of aryl methyl sites for hydroxylation is 1. The number of aliphatic hydroxyl groups is 3. The van der Waals surface area contributed by atoms with Crippen LogP contribution in [0.2, 0.25) is 0 Å². The molecule has 1 aliphatic rings. The van der Waals surface area contributed by atoms with Gasteiger partial charge in [-0.15, -0.1) is 0 Å². The lowest BCUT2D eigenvalue weighted by molar-refractivity contribution is -0.132. The largest absolute Gasteiger partial charge is 0.469 e. The number of hydrogen-bond donors (Lipinski definition) is 7. The molecule has 1 fully saturated rings. The van der Waals surface area contributed by atoms with Gasteiger partial charge in [-0.1, -0.05) is 12.1 Å². The number of nitrogens with zero attached hydrogens (tertiary/aromatic N) is 3. The fourth-order valence-corrected chi connectivity index (χ4v) is 3.21. The summed E-state index contributed by atoms with van der Waals surface area (Å²) in [6.07, 6.45) is -2.66. The van der Waals surface area contributed by atoms with Crippen molar-refractivity contribution in [1.82, 2.24) is 19.9 Å². The number of hydrogen-bond acceptors (Lipinski definition) is 10. The average molecular weight is 487 g/mol. The van der Waals surface area contributed by atoms with Gasteiger partial charge in [-0.3, -0.25) is 4.52 Å². The molecule has 3 aromatic rings. The summed E-state index contributed by atoms with van der Waals surface area (Å²) >= 11 is 0. The second-order valence-corrected chi connectivity index (χ2v) is 8.33. The van der Waals surface area contributed by atoms with Crippen molar-refractivity contribution in [2.24, 2.45) is 0 Å². The predicted octanol–water partition coefficient (Wildman–Crippen LogP) is -0.0528. The molecule has 1 unspecified atom stereocenters. The number of nitrogens with one attached hydrogen (secondary N) is 2. The first kappa shape index (κ1) is 25.1. The van der Waals surface area contributed by atoms with Gasteiger partial charge in [0.05, 0.1) is 12.9 Å². The lowest BCUT2D eigenvalue weighted by Crippen LogP contribution is -2.34. The van der Waals surface area contributed by atoms with Crippen LogP contribution in [0.5, 0.6) is 0 Å². The Bertz CT molecular complexity index is 1130. The first-order chi connectivity index (χ1) is 15.5. The molecular weight excluding hydrogens is 464 g/mol. The van der Waals surface area contributed by atoms with Gasteiger partial charge in [0.25, 0.3) is 0 Å². The first-order valence-electron chi connectivity index (χ1n) is 9.58. The maximum Gasteiger partial charge on any atom is 0.469 e. The third-order valence-corrected chi connectivity index (χ3v) is 5.15. The van der Waals surface area contributed by atoms with Crippen molar-refractivity contribution in [1.29, 1.82) is 0 Å². The lowest BCUT2D eigenvalue weighted by atomic mass is 10.1. The van der Waals surface area contributed by atoms with Crippen molar-refractivity contribution in [3.8, 4) is 0 Å². The van der Waals surface area contributed by atoms with E-state index in [4.69, 9.17) is 25.1 Å². The SMILES string of the molecule is Cc1ccc(CNc2ncnc3nc[nH]c23)cc1F.O=P(O)(O)OC[C@H]1OC(O)[C@H](O)[C@@H]1O. The van der Waals surface area contributed by atoms with Crippen LogP contribution in [0, 0.1) is 12.7 Å². The number of aliphatic hydroxyl groups excluding tert-OH is 3. The highest BCUT2D eigenvalue weighted by atomic mass is 31.2. The third-order valence-electron chi connectivity index (χ3n) is 4.66. The molecule has 7 N–H and O–H groups in total. The van der Waals surface area contributed by atoms with Crippen LogP contribution < -0.4 is 5.32 Å². The number of imidazole rings is 1. The van der Waals surface area contributed by atoms with Crippen molar-refractivity contribution in [2.45, 2.75) is 38.1 Å². The Kier molecular flexibility index (Phi) is 8.05. The van der Waals surface area contributed by atoms with Crippen LogP contribution in [0.3, 0.4) is 0 Å². The molecule has 0 aliphatic carbocycles. The summed E-state index contributed by atoms with van der Waals surface area (Å²) in [5, 5.41) is 30.2. The number of aromatic amines is 1. The normalized spacial score (nSPS) is 22.8. The molecule has 4 rings (SSSR count). The minimum Gasteiger partial charge on any atom is -0.387 e. The molecule has 0 bridgehead atoms. The molecule has 180 valence electrons. The standard InChI is InChI=1S/C13H12FN5.C5H11O8P/c1-8-2-3-9(4-10(8)14)5-15-12-11-13(17-6-16-11)19-7-18-12;6-3-2(1-12-14(9,10)11)13-5(8)4(3)7/h2-4,6-7H,5H2,1H3,(H2,15,16,17,18,19);2-8H,1H2,(H2,9,10,11)/t;2-,3-,4-,5?/m.1/s1. The molecule has 1 aromatic carbocycles. The number of anilines is 1. The molecule has 0 saturated carbocycles. The van der Waals surface area contributed by atoms with Crippen LogP contribution in [0.1, 0.15) is 11.1 Å². The zero-order valence-corrected chi connectivity index (χ0v) is 18.1. The minimum atomic E-state index is -4.64. The molecule has 3 heterocycles. The number of rotatable bonds is 6. The maximum absolute atomic E-state index is 13.4. The van der Waals surface area contributed by atoms with Crippen molar-refractivity contribution in [2.75, 3.05) is 11.9 Å². The van der Waals surface area contributed by atoms with Crippen LogP contribution >= 0.6 is 7.82 Å². The third kappa shape index (κ3) is 6.72. The summed E-state index contributed by atoms with van der Waals surface area (Å²) in [4.78, 5) is 31.8. The van der Waals surface area contributed by atoms with Gasteiger partial charge in [0, 0.05) is 6.54 Å². The number of ether oxygens (including phenoxy) is 1. The van der Waals surface area contributed by atoms with Crippen LogP contribution in [0.15, 0.2) is 30.9 Å². The summed E-state index contributed by atoms with van der Waals surface area (Å²) in [5.74, 6) is 0.456. The van der Waals surface area contributed by atoms with Crippen LogP contribution in [0.25, 0.3) is 11.2 Å². The number of phosphoric acid groups is 1. The summed E-state index contributed by atoms with van der Waals surface area (Å²) in [6.45, 7) is 1.62. The van der Waals surface area contributed by atoms with Gasteiger partial charge in [0.2, 0.25) is 0 Å². The zero-order chi connectivity index (χ0) is 24.2. The molecule has 2 aromatic heterocycles. The zero-order valence-electron chi connectivity index (χ0n) is 17.2. The van der Waals surface area contributed by atoms with Gasteiger partial charge in [-0.05, 0) is 24.1 Å². The van der Waals surface area contributed by atoms with Crippen molar-refractivity contribution < 1.29 is 43.3 Å². The van der Waals surface area contributed by atoms with E-state index in [1.807, 2.05) is 6.07 Å². The first-order valence-corrected chi connectivity index (χ1v) is 11.1. The van der Waals surface area contributed by atoms with Crippen LogP contribution in [-0.4, -0.2) is 76.3 Å². The molecule has 15 heteroatoms. The van der Waals surface area contributed by atoms with E-state index in [0.29, 0.717) is 23.6 Å². The Hall–Kier alpha value is -2.55. The van der Waals surface area contributed by atoms with E-state index in [9.17, 15) is 8.96 Å². The second-order valence-electron chi connectivity index (χ2n) is 7.09. The van der Waals surface area contributed by atoms with Gasteiger partial charge in [0.15, 0.2) is 17.8 Å². The van der Waals surface area contributed by atoms with E-state index in [1.54, 1.807) is 19.3 Å². The Morgan fingerprint density at radius 1 is 1.21 bits per heavy atom. The lowest BCUT2D eigenvalue weighted by Gasteiger charge is -2.14. The molecule has 0 amide bonds. The molecule has 33 heavy (non-hydrogen) atoms. The van der Waals surface area contributed by atoms with E-state index >= 15 is 0 Å². The maximum atomic E-state index is 13.4. The van der Waals surface area contributed by atoms with E-state index in [0.717, 1.165) is 11.1 Å². The second kappa shape index (κ2) is 10.6. The number of phosphoric ester groups is 1. The van der Waals surface area contributed by atoms with E-state index < -0.39 is 39.0 Å². The van der Waals surface area contributed by atoms with Crippen LogP contribution in [-0.2, 0) is 20.4 Å². The summed E-state index contributed by atoms with van der Waals surface area (Å²) in [6, 6.07) is 5.17. The Morgan fingerprint density at radius 2 is 1.97 bits per heavy atom. The highest BCUT2D eigenvalue weighted by Gasteiger charge is 2.42. The smallest absolute Gasteiger partial charge is 0.387 e. The molecule has 0 radical (unpaired) electrons. The highest BCUT2D eigenvalue weighted by Crippen LogP contribution is 2.37. The van der Waals surface area contributed by atoms with Gasteiger partial charge in [-0.2, -0.15) is 0 Å². The Labute approximate surface area is 186 Å². The molecule has 4 atom stereocenters. The quantitative estimate of drug-likeness (QED) is 0.229. The number of aromatic nitrogens is 4. The topological polar surface area (TPSA) is 203 Å². The van der Waals surface area contributed by atoms with Crippen LogP contribution in [0.4, 0.5) is 10.2 Å². The average Bonchev–Trinajstić information content (AvgIpc) is 3.34. The number of fused-ring (bicyclic) bond motifs is 1. The number of H-pyrrole nitrogens is 1. The summed E-state index contributed by atoms with van der Waals surface area (Å²) in [7, 11) is -4.64. The van der Waals surface area contributed by atoms with Gasteiger partial charge in [-0.25, -0.2) is 23.9 Å². The van der Waals surface area contributed by atoms with Crippen molar-refractivity contribution >= 4 is 24.8 Å². The van der Waals surface area contributed by atoms with Crippen molar-refractivity contribution in [3.05, 3.63) is 47.8 Å². The van der Waals surface area contributed by atoms with Gasteiger partial charge < -0.3 is 40.1 Å². The number of benzene rings is 1. The van der Waals surface area contributed by atoms with E-state index in [1.165, 1.54) is 12.4 Å². The van der Waals surface area contributed by atoms with Crippen molar-refractivity contribution in [3.63, 3.8) is 0 Å². The molecule has 0 spiro atoms. The van der Waals surface area contributed by atoms with E-state index in [2.05, 4.69) is 34.5 Å². The summed E-state index contributed by atoms with van der Waals surface area (Å²) in [5.41, 5.74) is 2.85. The van der Waals surface area contributed by atoms with E-state index in [-0.39, 0.29) is 5.82 Å². The Morgan fingerprint density at radius 3 is 2.61 bits per heavy atom.